The Balaban J connectivity index is 1.41. The molecule has 39 heavy (non-hydrogen) atoms. The van der Waals surface area contributed by atoms with Crippen molar-refractivity contribution in [3.63, 3.8) is 0 Å². The van der Waals surface area contributed by atoms with Crippen molar-refractivity contribution >= 4 is 22.6 Å². The summed E-state index contributed by atoms with van der Waals surface area (Å²) in [5, 5.41) is 11.2. The highest BCUT2D eigenvalue weighted by atomic mass is 19.2. The van der Waals surface area contributed by atoms with Gasteiger partial charge in [-0.05, 0) is 68.0 Å². The van der Waals surface area contributed by atoms with Crippen molar-refractivity contribution < 1.29 is 27.8 Å². The van der Waals surface area contributed by atoms with Crippen LogP contribution in [0.2, 0.25) is 0 Å². The molecule has 1 aliphatic heterocycles. The highest BCUT2D eigenvalue weighted by molar-refractivity contribution is 5.88. The second-order valence-electron chi connectivity index (χ2n) is 10.2. The first-order valence-electron chi connectivity index (χ1n) is 12.9. The molecule has 4 rings (SSSR count). The minimum Gasteiger partial charge on any atom is -0.497 e. The van der Waals surface area contributed by atoms with Gasteiger partial charge in [-0.15, -0.1) is 0 Å². The Morgan fingerprint density at radius 1 is 1.15 bits per heavy atom. The number of carboxylic acids is 1. The van der Waals surface area contributed by atoms with Crippen LogP contribution in [0.25, 0.3) is 10.9 Å². The van der Waals surface area contributed by atoms with Gasteiger partial charge in [-0.2, -0.15) is 0 Å². The summed E-state index contributed by atoms with van der Waals surface area (Å²) in [7, 11) is 5.56. The van der Waals surface area contributed by atoms with Crippen molar-refractivity contribution in [2.75, 3.05) is 45.7 Å². The van der Waals surface area contributed by atoms with Gasteiger partial charge in [0, 0.05) is 38.1 Å². The first kappa shape index (κ1) is 28.2. The monoisotopic (exact) mass is 539 g/mol. The number of benzene rings is 2. The van der Waals surface area contributed by atoms with Crippen LogP contribution in [0, 0.1) is 34.7 Å². The van der Waals surface area contributed by atoms with E-state index in [-0.39, 0.29) is 5.56 Å². The second kappa shape index (κ2) is 12.0. The van der Waals surface area contributed by atoms with Crippen molar-refractivity contribution in [2.24, 2.45) is 5.41 Å². The first-order valence-corrected chi connectivity index (χ1v) is 12.9. The van der Waals surface area contributed by atoms with Crippen molar-refractivity contribution in [2.45, 2.75) is 32.1 Å². The molecule has 0 unspecified atom stereocenters. The molecular formula is C30H32F3N3O3. The number of aryl methyl sites for hydroxylation is 1. The van der Waals surface area contributed by atoms with Crippen molar-refractivity contribution in [1.82, 2.24) is 9.88 Å². The number of rotatable bonds is 8. The van der Waals surface area contributed by atoms with E-state index >= 15 is 0 Å². The van der Waals surface area contributed by atoms with E-state index in [1.54, 1.807) is 7.11 Å². The van der Waals surface area contributed by atoms with Crippen LogP contribution in [0.15, 0.2) is 36.5 Å². The van der Waals surface area contributed by atoms with Gasteiger partial charge in [0.25, 0.3) is 0 Å². The molecule has 9 heteroatoms. The maximum Gasteiger partial charge on any atom is 0.309 e. The molecule has 0 atom stereocenters. The van der Waals surface area contributed by atoms with Gasteiger partial charge in [-0.25, -0.2) is 13.2 Å². The Morgan fingerprint density at radius 2 is 1.85 bits per heavy atom. The Morgan fingerprint density at radius 3 is 2.46 bits per heavy atom. The molecule has 2 aromatic carbocycles. The Hall–Kier alpha value is -3.77. The zero-order chi connectivity index (χ0) is 28.2. The zero-order valence-electron chi connectivity index (χ0n) is 22.4. The van der Waals surface area contributed by atoms with Gasteiger partial charge in [0.2, 0.25) is 0 Å². The fourth-order valence-corrected chi connectivity index (χ4v) is 5.19. The summed E-state index contributed by atoms with van der Waals surface area (Å²) in [6, 6.07) is 7.51. The number of carboxylic acid groups (broad SMARTS) is 1. The molecule has 1 aromatic heterocycles. The summed E-state index contributed by atoms with van der Waals surface area (Å²) >= 11 is 0. The third-order valence-electron chi connectivity index (χ3n) is 7.51. The summed E-state index contributed by atoms with van der Waals surface area (Å²) in [6.45, 7) is 1.42. The Labute approximate surface area is 226 Å². The molecule has 0 radical (unpaired) electrons. The fraction of sp³-hybridized carbons (Fsp3) is 0.400. The van der Waals surface area contributed by atoms with Gasteiger partial charge in [-0.1, -0.05) is 11.8 Å². The predicted molar refractivity (Wildman–Crippen MR) is 144 cm³/mol. The topological polar surface area (TPSA) is 65.9 Å². The molecule has 1 saturated heterocycles. The molecular weight excluding hydrogens is 507 g/mol. The molecule has 0 saturated carbocycles. The SMILES string of the molecule is COc1ccc2ncc(N(C)C)c(CCCC3(C(=O)O)CCN(CC#Cc4cc(F)c(F)c(F)c4)CC3)c2c1. The second-order valence-corrected chi connectivity index (χ2v) is 10.2. The van der Waals surface area contributed by atoms with Gasteiger partial charge in [-0.3, -0.25) is 14.7 Å². The van der Waals surface area contributed by atoms with Crippen molar-refractivity contribution in [1.29, 1.82) is 0 Å². The number of anilines is 1. The fourth-order valence-electron chi connectivity index (χ4n) is 5.19. The molecule has 1 aliphatic rings. The standard InChI is InChI=1S/C30H32F3N3O3/c1-35(2)27-19-34-26-9-8-21(39-3)18-23(26)22(27)7-4-10-30(29(37)38)11-14-36(15-12-30)13-5-6-20-16-24(31)28(33)25(32)17-20/h8-9,16-19H,4,7,10-15H2,1-3H3,(H,37,38). The minimum absolute atomic E-state index is 0.0571. The van der Waals surface area contributed by atoms with Crippen LogP contribution < -0.4 is 9.64 Å². The highest BCUT2D eigenvalue weighted by Crippen LogP contribution is 2.38. The number of aromatic nitrogens is 1. The van der Waals surface area contributed by atoms with Gasteiger partial charge >= 0.3 is 5.97 Å². The Kier molecular flexibility index (Phi) is 8.66. The van der Waals surface area contributed by atoms with Crippen LogP contribution in [0.5, 0.6) is 5.75 Å². The number of piperidine rings is 1. The number of nitrogens with zero attached hydrogens (tertiary/aromatic N) is 3. The summed E-state index contributed by atoms with van der Waals surface area (Å²) in [4.78, 5) is 21.0. The van der Waals surface area contributed by atoms with Gasteiger partial charge in [0.05, 0.1) is 36.5 Å². The number of fused-ring (bicyclic) bond motifs is 1. The lowest BCUT2D eigenvalue weighted by atomic mass is 9.74. The Bertz CT molecular complexity index is 1400. The summed E-state index contributed by atoms with van der Waals surface area (Å²) in [5.74, 6) is 1.40. The van der Waals surface area contributed by atoms with E-state index in [1.807, 2.05) is 48.3 Å². The van der Waals surface area contributed by atoms with Crippen molar-refractivity contribution in [3.05, 3.63) is 65.1 Å². The molecule has 1 fully saturated rings. The van der Waals surface area contributed by atoms with Crippen LogP contribution in [0.4, 0.5) is 18.9 Å². The first-order chi connectivity index (χ1) is 18.6. The van der Waals surface area contributed by atoms with E-state index in [4.69, 9.17) is 4.74 Å². The average Bonchev–Trinajstić information content (AvgIpc) is 2.92. The number of pyridine rings is 1. The maximum atomic E-state index is 13.4. The van der Waals surface area contributed by atoms with Crippen molar-refractivity contribution in [3.8, 4) is 17.6 Å². The quantitative estimate of drug-likeness (QED) is 0.311. The van der Waals surface area contributed by atoms with Crippen LogP contribution in [0.1, 0.15) is 36.8 Å². The van der Waals surface area contributed by atoms with E-state index in [1.165, 1.54) is 0 Å². The molecule has 3 aromatic rings. The van der Waals surface area contributed by atoms with Crippen LogP contribution in [-0.2, 0) is 11.2 Å². The molecule has 2 heterocycles. The van der Waals surface area contributed by atoms with Gasteiger partial charge in [0.1, 0.15) is 5.75 Å². The number of halogens is 3. The van der Waals surface area contributed by atoms with Crippen LogP contribution in [0.3, 0.4) is 0 Å². The van der Waals surface area contributed by atoms with E-state index < -0.39 is 28.8 Å². The lowest BCUT2D eigenvalue weighted by molar-refractivity contribution is -0.152. The summed E-state index contributed by atoms with van der Waals surface area (Å²) in [6.07, 6.45) is 4.76. The zero-order valence-corrected chi connectivity index (χ0v) is 22.4. The number of likely N-dealkylation sites (tertiary alicyclic amines) is 1. The largest absolute Gasteiger partial charge is 0.497 e. The van der Waals surface area contributed by atoms with Gasteiger partial charge < -0.3 is 14.7 Å². The molecule has 0 aliphatic carbocycles. The lowest BCUT2D eigenvalue weighted by Crippen LogP contribution is -2.44. The van der Waals surface area contributed by atoms with Crippen LogP contribution >= 0.6 is 0 Å². The number of carbonyl (C=O) groups is 1. The van der Waals surface area contributed by atoms with E-state index in [0.717, 1.165) is 40.0 Å². The highest BCUT2D eigenvalue weighted by Gasteiger charge is 2.40. The summed E-state index contributed by atoms with van der Waals surface area (Å²) in [5.41, 5.74) is 2.21. The minimum atomic E-state index is -1.52. The number of ether oxygens (including phenoxy) is 1. The van der Waals surface area contributed by atoms with E-state index in [9.17, 15) is 23.1 Å². The maximum absolute atomic E-state index is 13.4. The van der Waals surface area contributed by atoms with Gasteiger partial charge in [0.15, 0.2) is 17.5 Å². The number of methoxy groups -OCH3 is 1. The molecule has 1 N–H and O–H groups in total. The van der Waals surface area contributed by atoms with Crippen LogP contribution in [-0.4, -0.2) is 61.8 Å². The predicted octanol–water partition coefficient (Wildman–Crippen LogP) is 5.27. The lowest BCUT2D eigenvalue weighted by Gasteiger charge is -2.38. The number of aliphatic carboxylic acids is 1. The van der Waals surface area contributed by atoms with E-state index in [0.29, 0.717) is 51.7 Å². The smallest absolute Gasteiger partial charge is 0.309 e. The normalized spacial score (nSPS) is 15.0. The number of hydrogen-bond donors (Lipinski definition) is 1. The third kappa shape index (κ3) is 6.28. The molecule has 0 amide bonds. The third-order valence-corrected chi connectivity index (χ3v) is 7.51. The molecule has 0 spiro atoms. The molecule has 0 bridgehead atoms. The molecule has 206 valence electrons. The molecule has 6 nitrogen and oxygen atoms in total. The summed E-state index contributed by atoms with van der Waals surface area (Å²) < 4.78 is 45.4. The number of hydrogen-bond acceptors (Lipinski definition) is 5. The van der Waals surface area contributed by atoms with E-state index in [2.05, 4.69) is 16.8 Å². The average molecular weight is 540 g/mol.